The molecule has 0 aliphatic rings. The Bertz CT molecular complexity index is 808. The molecule has 0 bridgehead atoms. The first-order chi connectivity index (χ1) is 12.9. The summed E-state index contributed by atoms with van der Waals surface area (Å²) in [6, 6.07) is 13.0. The zero-order valence-corrected chi connectivity index (χ0v) is 16.7. The number of anilines is 1. The van der Waals surface area contributed by atoms with E-state index in [2.05, 4.69) is 5.32 Å². The van der Waals surface area contributed by atoms with Gasteiger partial charge in [-0.25, -0.2) is 0 Å². The van der Waals surface area contributed by atoms with E-state index in [4.69, 9.17) is 16.3 Å². The van der Waals surface area contributed by atoms with Crippen LogP contribution in [0.25, 0.3) is 0 Å². The largest absolute Gasteiger partial charge is 0.496 e. The number of nitrogens with one attached hydrogen (secondary N) is 1. The second kappa shape index (κ2) is 9.97. The zero-order chi connectivity index (χ0) is 19.8. The molecule has 0 saturated heterocycles. The summed E-state index contributed by atoms with van der Waals surface area (Å²) in [6.45, 7) is 4.30. The quantitative estimate of drug-likeness (QED) is 0.741. The monoisotopic (exact) mass is 388 g/mol. The molecule has 0 aromatic heterocycles. The first kappa shape index (κ1) is 20.8. The highest BCUT2D eigenvalue weighted by molar-refractivity contribution is 6.30. The van der Waals surface area contributed by atoms with Crippen molar-refractivity contribution in [2.24, 2.45) is 0 Å². The van der Waals surface area contributed by atoms with Gasteiger partial charge in [-0.15, -0.1) is 0 Å². The number of amides is 2. The lowest BCUT2D eigenvalue weighted by Crippen LogP contribution is -2.33. The second-order valence-electron chi connectivity index (χ2n) is 6.33. The molecule has 0 heterocycles. The Hall–Kier alpha value is -2.53. The standard InChI is InChI=1S/C21H25ClN2O3/c1-15-14-18(22)8-9-19(15)23-21(26)11-13-24(16(2)25)12-10-17-6-4-5-7-20(17)27-3/h4-9,14H,10-13H2,1-3H3,(H,23,26). The fourth-order valence-electron chi connectivity index (χ4n) is 2.81. The Labute approximate surface area is 165 Å². The summed E-state index contributed by atoms with van der Waals surface area (Å²) in [5.74, 6) is 0.612. The third-order valence-corrected chi connectivity index (χ3v) is 4.60. The summed E-state index contributed by atoms with van der Waals surface area (Å²) in [5, 5.41) is 3.50. The van der Waals surface area contributed by atoms with E-state index in [9.17, 15) is 9.59 Å². The molecule has 2 rings (SSSR count). The summed E-state index contributed by atoms with van der Waals surface area (Å²) in [7, 11) is 1.63. The van der Waals surface area contributed by atoms with Crippen LogP contribution >= 0.6 is 11.6 Å². The molecule has 0 radical (unpaired) electrons. The average Bonchev–Trinajstić information content (AvgIpc) is 2.64. The summed E-state index contributed by atoms with van der Waals surface area (Å²) >= 11 is 5.93. The van der Waals surface area contributed by atoms with E-state index in [0.29, 0.717) is 24.5 Å². The molecule has 2 aromatic carbocycles. The number of hydrogen-bond acceptors (Lipinski definition) is 3. The van der Waals surface area contributed by atoms with Crippen molar-refractivity contribution < 1.29 is 14.3 Å². The van der Waals surface area contributed by atoms with Crippen molar-refractivity contribution in [3.8, 4) is 5.75 Å². The van der Waals surface area contributed by atoms with E-state index in [1.165, 1.54) is 6.92 Å². The number of ether oxygens (including phenoxy) is 1. The van der Waals surface area contributed by atoms with Gasteiger partial charge >= 0.3 is 0 Å². The lowest BCUT2D eigenvalue weighted by Gasteiger charge is -2.21. The number of methoxy groups -OCH3 is 1. The summed E-state index contributed by atoms with van der Waals surface area (Å²) in [4.78, 5) is 25.9. The molecule has 0 aliphatic heterocycles. The van der Waals surface area contributed by atoms with Crippen LogP contribution in [0.1, 0.15) is 24.5 Å². The minimum atomic E-state index is -0.135. The lowest BCUT2D eigenvalue weighted by atomic mass is 10.1. The highest BCUT2D eigenvalue weighted by Crippen LogP contribution is 2.20. The molecule has 2 aromatic rings. The third-order valence-electron chi connectivity index (χ3n) is 4.36. The highest BCUT2D eigenvalue weighted by atomic mass is 35.5. The van der Waals surface area contributed by atoms with Crippen LogP contribution in [0.3, 0.4) is 0 Å². The number of carbonyl (C=O) groups is 2. The summed E-state index contributed by atoms with van der Waals surface area (Å²) < 4.78 is 5.35. The number of aryl methyl sites for hydroxylation is 1. The molecule has 6 heteroatoms. The lowest BCUT2D eigenvalue weighted by molar-refractivity contribution is -0.129. The van der Waals surface area contributed by atoms with Gasteiger partial charge in [0.2, 0.25) is 11.8 Å². The van der Waals surface area contributed by atoms with Gasteiger partial charge in [0.05, 0.1) is 7.11 Å². The fourth-order valence-corrected chi connectivity index (χ4v) is 3.03. The Morgan fingerprint density at radius 3 is 2.56 bits per heavy atom. The number of para-hydroxylation sites is 1. The van der Waals surface area contributed by atoms with E-state index in [1.54, 1.807) is 30.2 Å². The van der Waals surface area contributed by atoms with Crippen LogP contribution in [0.2, 0.25) is 5.02 Å². The predicted molar refractivity (Wildman–Crippen MR) is 108 cm³/mol. The van der Waals surface area contributed by atoms with E-state index >= 15 is 0 Å². The van der Waals surface area contributed by atoms with Crippen molar-refractivity contribution in [1.29, 1.82) is 0 Å². The number of benzene rings is 2. The molecular weight excluding hydrogens is 364 g/mol. The van der Waals surface area contributed by atoms with Crippen LogP contribution in [0.4, 0.5) is 5.69 Å². The molecule has 0 aliphatic carbocycles. The minimum absolute atomic E-state index is 0.0552. The van der Waals surface area contributed by atoms with Crippen LogP contribution in [-0.2, 0) is 16.0 Å². The van der Waals surface area contributed by atoms with Crippen LogP contribution in [0.15, 0.2) is 42.5 Å². The highest BCUT2D eigenvalue weighted by Gasteiger charge is 2.13. The molecular formula is C21H25ClN2O3. The van der Waals surface area contributed by atoms with Crippen molar-refractivity contribution in [2.45, 2.75) is 26.7 Å². The fraction of sp³-hybridized carbons (Fsp3) is 0.333. The molecule has 0 fully saturated rings. The number of carbonyl (C=O) groups excluding carboxylic acids is 2. The molecule has 0 spiro atoms. The summed E-state index contributed by atoms with van der Waals surface area (Å²) in [5.41, 5.74) is 2.66. The Balaban J connectivity index is 1.90. The van der Waals surface area contributed by atoms with Crippen LogP contribution < -0.4 is 10.1 Å². The van der Waals surface area contributed by atoms with Crippen molar-refractivity contribution >= 4 is 29.1 Å². The maximum Gasteiger partial charge on any atom is 0.226 e. The molecule has 5 nitrogen and oxygen atoms in total. The number of rotatable bonds is 8. The van der Waals surface area contributed by atoms with Crippen LogP contribution in [0.5, 0.6) is 5.75 Å². The van der Waals surface area contributed by atoms with Gasteiger partial charge in [0.25, 0.3) is 0 Å². The van der Waals surface area contributed by atoms with Gasteiger partial charge < -0.3 is 15.0 Å². The topological polar surface area (TPSA) is 58.6 Å². The van der Waals surface area contributed by atoms with Crippen molar-refractivity contribution in [3.05, 3.63) is 58.6 Å². The van der Waals surface area contributed by atoms with Gasteiger partial charge in [-0.05, 0) is 48.7 Å². The molecule has 2 amide bonds. The number of halogens is 1. The van der Waals surface area contributed by atoms with Gasteiger partial charge in [0.15, 0.2) is 0 Å². The molecule has 0 unspecified atom stereocenters. The van der Waals surface area contributed by atoms with Crippen molar-refractivity contribution in [1.82, 2.24) is 4.90 Å². The van der Waals surface area contributed by atoms with E-state index in [-0.39, 0.29) is 18.2 Å². The van der Waals surface area contributed by atoms with Gasteiger partial charge in [-0.1, -0.05) is 29.8 Å². The normalized spacial score (nSPS) is 10.4. The minimum Gasteiger partial charge on any atom is -0.496 e. The molecule has 144 valence electrons. The Morgan fingerprint density at radius 1 is 1.15 bits per heavy atom. The van der Waals surface area contributed by atoms with E-state index in [1.807, 2.05) is 31.2 Å². The van der Waals surface area contributed by atoms with Crippen molar-refractivity contribution in [3.63, 3.8) is 0 Å². The first-order valence-electron chi connectivity index (χ1n) is 8.84. The molecule has 27 heavy (non-hydrogen) atoms. The van der Waals surface area contributed by atoms with Gasteiger partial charge in [-0.2, -0.15) is 0 Å². The Kier molecular flexibility index (Phi) is 7.67. The molecule has 1 N–H and O–H groups in total. The molecule has 0 atom stereocenters. The maximum absolute atomic E-state index is 12.2. The Morgan fingerprint density at radius 2 is 1.89 bits per heavy atom. The maximum atomic E-state index is 12.2. The first-order valence-corrected chi connectivity index (χ1v) is 9.22. The van der Waals surface area contributed by atoms with Crippen LogP contribution in [-0.4, -0.2) is 36.9 Å². The van der Waals surface area contributed by atoms with Crippen LogP contribution in [0, 0.1) is 6.92 Å². The SMILES string of the molecule is COc1ccccc1CCN(CCC(=O)Nc1ccc(Cl)cc1C)C(C)=O. The number of nitrogens with zero attached hydrogens (tertiary/aromatic N) is 1. The second-order valence-corrected chi connectivity index (χ2v) is 6.76. The number of hydrogen-bond donors (Lipinski definition) is 1. The molecule has 0 saturated carbocycles. The van der Waals surface area contributed by atoms with E-state index < -0.39 is 0 Å². The smallest absolute Gasteiger partial charge is 0.226 e. The summed E-state index contributed by atoms with van der Waals surface area (Å²) in [6.07, 6.45) is 0.898. The van der Waals surface area contributed by atoms with Gasteiger partial charge in [0.1, 0.15) is 5.75 Å². The predicted octanol–water partition coefficient (Wildman–Crippen LogP) is 4.08. The van der Waals surface area contributed by atoms with Gasteiger partial charge in [0, 0.05) is 37.1 Å². The van der Waals surface area contributed by atoms with Crippen molar-refractivity contribution in [2.75, 3.05) is 25.5 Å². The van der Waals surface area contributed by atoms with Gasteiger partial charge in [-0.3, -0.25) is 9.59 Å². The zero-order valence-electron chi connectivity index (χ0n) is 15.9. The third kappa shape index (κ3) is 6.29. The average molecular weight is 389 g/mol. The van der Waals surface area contributed by atoms with E-state index in [0.717, 1.165) is 22.6 Å².